The van der Waals surface area contributed by atoms with Gasteiger partial charge < -0.3 is 10.6 Å². The summed E-state index contributed by atoms with van der Waals surface area (Å²) >= 11 is 5.83. The molecule has 0 aliphatic rings. The van der Waals surface area contributed by atoms with Gasteiger partial charge in [-0.1, -0.05) is 23.7 Å². The van der Waals surface area contributed by atoms with Crippen LogP contribution >= 0.6 is 11.6 Å². The number of nitrogens with zero attached hydrogens (tertiary/aromatic N) is 1. The second kappa shape index (κ2) is 6.41. The van der Waals surface area contributed by atoms with Crippen molar-refractivity contribution in [3.8, 4) is 0 Å². The maximum atomic E-state index is 12.3. The number of carbonyl (C=O) groups is 2. The van der Waals surface area contributed by atoms with Gasteiger partial charge in [0.25, 0.3) is 5.91 Å². The molecular formula is C16H15ClN2O2. The average molecular weight is 303 g/mol. The highest BCUT2D eigenvalue weighted by atomic mass is 35.5. The molecule has 0 saturated heterocycles. The molecule has 0 bridgehead atoms. The molecule has 2 aromatic rings. The van der Waals surface area contributed by atoms with Gasteiger partial charge >= 0.3 is 0 Å². The summed E-state index contributed by atoms with van der Waals surface area (Å²) in [5.41, 5.74) is 7.05. The van der Waals surface area contributed by atoms with Crippen LogP contribution in [-0.4, -0.2) is 23.8 Å². The van der Waals surface area contributed by atoms with E-state index in [1.807, 2.05) is 12.1 Å². The van der Waals surface area contributed by atoms with Crippen molar-refractivity contribution in [1.29, 1.82) is 0 Å². The van der Waals surface area contributed by atoms with Gasteiger partial charge in [0.05, 0.1) is 0 Å². The molecule has 0 aliphatic carbocycles. The molecule has 4 nitrogen and oxygen atoms in total. The maximum absolute atomic E-state index is 12.3. The third kappa shape index (κ3) is 3.83. The molecule has 0 atom stereocenters. The van der Waals surface area contributed by atoms with Crippen LogP contribution in [0.2, 0.25) is 5.02 Å². The highest BCUT2D eigenvalue weighted by molar-refractivity contribution is 6.30. The first-order valence-electron chi connectivity index (χ1n) is 6.37. The van der Waals surface area contributed by atoms with Crippen LogP contribution in [0.15, 0.2) is 48.5 Å². The summed E-state index contributed by atoms with van der Waals surface area (Å²) in [5.74, 6) is -0.635. The van der Waals surface area contributed by atoms with Crippen LogP contribution in [0.1, 0.15) is 26.3 Å². The molecule has 0 unspecified atom stereocenters. The number of benzene rings is 2. The lowest BCUT2D eigenvalue weighted by Gasteiger charge is -2.17. The van der Waals surface area contributed by atoms with Crippen molar-refractivity contribution < 1.29 is 9.59 Å². The van der Waals surface area contributed by atoms with E-state index in [-0.39, 0.29) is 5.91 Å². The first kappa shape index (κ1) is 15.1. The largest absolute Gasteiger partial charge is 0.366 e. The van der Waals surface area contributed by atoms with Gasteiger partial charge in [0.15, 0.2) is 0 Å². The number of halogens is 1. The van der Waals surface area contributed by atoms with Gasteiger partial charge in [-0.15, -0.1) is 0 Å². The second-order valence-corrected chi connectivity index (χ2v) is 5.17. The summed E-state index contributed by atoms with van der Waals surface area (Å²) < 4.78 is 0. The molecule has 0 heterocycles. The summed E-state index contributed by atoms with van der Waals surface area (Å²) in [4.78, 5) is 24.9. The Morgan fingerprint density at radius 1 is 1.00 bits per heavy atom. The van der Waals surface area contributed by atoms with Gasteiger partial charge in [0.1, 0.15) is 0 Å². The normalized spacial score (nSPS) is 10.2. The topological polar surface area (TPSA) is 63.4 Å². The molecule has 2 amide bonds. The van der Waals surface area contributed by atoms with E-state index in [0.29, 0.717) is 22.7 Å². The minimum absolute atomic E-state index is 0.124. The Balaban J connectivity index is 2.08. The second-order valence-electron chi connectivity index (χ2n) is 4.73. The van der Waals surface area contributed by atoms with Gasteiger partial charge in [-0.3, -0.25) is 9.59 Å². The molecule has 108 valence electrons. The molecule has 2 N–H and O–H groups in total. The van der Waals surface area contributed by atoms with Crippen LogP contribution in [0, 0.1) is 0 Å². The van der Waals surface area contributed by atoms with E-state index in [0.717, 1.165) is 5.56 Å². The molecule has 0 aromatic heterocycles. The van der Waals surface area contributed by atoms with Crippen molar-refractivity contribution in [3.63, 3.8) is 0 Å². The number of rotatable bonds is 4. The van der Waals surface area contributed by atoms with Gasteiger partial charge in [0, 0.05) is 29.7 Å². The number of carbonyl (C=O) groups excluding carboxylic acids is 2. The number of nitrogens with two attached hydrogens (primary N) is 1. The van der Waals surface area contributed by atoms with Crippen LogP contribution in [0.4, 0.5) is 0 Å². The zero-order chi connectivity index (χ0) is 15.4. The van der Waals surface area contributed by atoms with E-state index in [4.69, 9.17) is 17.3 Å². The predicted octanol–water partition coefficient (Wildman–Crippen LogP) is 2.71. The first-order valence-corrected chi connectivity index (χ1v) is 6.75. The molecule has 2 aromatic carbocycles. The Morgan fingerprint density at radius 3 is 2.05 bits per heavy atom. The Labute approximate surface area is 128 Å². The zero-order valence-electron chi connectivity index (χ0n) is 11.5. The molecule has 0 spiro atoms. The average Bonchev–Trinajstić information content (AvgIpc) is 2.49. The summed E-state index contributed by atoms with van der Waals surface area (Å²) in [6, 6.07) is 13.6. The van der Waals surface area contributed by atoms with Gasteiger partial charge in [0.2, 0.25) is 5.91 Å². The molecular weight excluding hydrogens is 288 g/mol. The third-order valence-corrected chi connectivity index (χ3v) is 3.35. The highest BCUT2D eigenvalue weighted by Crippen LogP contribution is 2.13. The Kier molecular flexibility index (Phi) is 4.60. The zero-order valence-corrected chi connectivity index (χ0v) is 12.3. The third-order valence-electron chi connectivity index (χ3n) is 3.10. The number of hydrogen-bond donors (Lipinski definition) is 1. The van der Waals surface area contributed by atoms with Gasteiger partial charge in [-0.25, -0.2) is 0 Å². The van der Waals surface area contributed by atoms with Crippen LogP contribution in [0.25, 0.3) is 0 Å². The van der Waals surface area contributed by atoms with E-state index in [1.54, 1.807) is 48.3 Å². The van der Waals surface area contributed by atoms with Crippen LogP contribution in [-0.2, 0) is 6.54 Å². The monoisotopic (exact) mass is 302 g/mol. The molecule has 0 saturated carbocycles. The fourth-order valence-electron chi connectivity index (χ4n) is 1.93. The van der Waals surface area contributed by atoms with Crippen molar-refractivity contribution in [3.05, 3.63) is 70.2 Å². The lowest BCUT2D eigenvalue weighted by molar-refractivity contribution is 0.0784. The fraction of sp³-hybridized carbons (Fsp3) is 0.125. The van der Waals surface area contributed by atoms with Crippen molar-refractivity contribution in [2.45, 2.75) is 6.54 Å². The van der Waals surface area contributed by atoms with E-state index in [2.05, 4.69) is 0 Å². The SMILES string of the molecule is CN(Cc1ccc(Cl)cc1)C(=O)c1ccc(C(N)=O)cc1. The standard InChI is InChI=1S/C16H15ClN2O2/c1-19(10-11-2-8-14(17)9-3-11)16(21)13-6-4-12(5-7-13)15(18)20/h2-9H,10H2,1H3,(H2,18,20). The molecule has 21 heavy (non-hydrogen) atoms. The van der Waals surface area contributed by atoms with Crippen LogP contribution in [0.5, 0.6) is 0 Å². The van der Waals surface area contributed by atoms with Gasteiger partial charge in [-0.2, -0.15) is 0 Å². The van der Waals surface area contributed by atoms with Crippen molar-refractivity contribution in [1.82, 2.24) is 4.90 Å². The number of primary amides is 1. The summed E-state index contributed by atoms with van der Waals surface area (Å²) in [7, 11) is 1.72. The van der Waals surface area contributed by atoms with Crippen molar-refractivity contribution >= 4 is 23.4 Å². The Morgan fingerprint density at radius 2 is 1.52 bits per heavy atom. The summed E-state index contributed by atoms with van der Waals surface area (Å²) in [5, 5.41) is 0.662. The summed E-state index contributed by atoms with van der Waals surface area (Å²) in [6.45, 7) is 0.480. The van der Waals surface area contributed by atoms with E-state index >= 15 is 0 Å². The van der Waals surface area contributed by atoms with E-state index < -0.39 is 5.91 Å². The van der Waals surface area contributed by atoms with Crippen molar-refractivity contribution in [2.75, 3.05) is 7.05 Å². The van der Waals surface area contributed by atoms with Crippen molar-refractivity contribution in [2.24, 2.45) is 5.73 Å². The predicted molar refractivity (Wildman–Crippen MR) is 82.2 cm³/mol. The fourth-order valence-corrected chi connectivity index (χ4v) is 2.06. The van der Waals surface area contributed by atoms with E-state index in [1.165, 1.54) is 0 Å². The molecule has 0 aliphatic heterocycles. The highest BCUT2D eigenvalue weighted by Gasteiger charge is 2.12. The number of hydrogen-bond acceptors (Lipinski definition) is 2. The lowest BCUT2D eigenvalue weighted by Crippen LogP contribution is -2.26. The summed E-state index contributed by atoms with van der Waals surface area (Å²) in [6.07, 6.45) is 0. The quantitative estimate of drug-likeness (QED) is 0.944. The molecule has 0 radical (unpaired) electrons. The van der Waals surface area contributed by atoms with Crippen LogP contribution < -0.4 is 5.73 Å². The minimum atomic E-state index is -0.511. The van der Waals surface area contributed by atoms with E-state index in [9.17, 15) is 9.59 Å². The lowest BCUT2D eigenvalue weighted by atomic mass is 10.1. The Bertz CT molecular complexity index is 651. The smallest absolute Gasteiger partial charge is 0.253 e. The molecule has 2 rings (SSSR count). The first-order chi connectivity index (χ1) is 9.97. The minimum Gasteiger partial charge on any atom is -0.366 e. The van der Waals surface area contributed by atoms with Gasteiger partial charge in [-0.05, 0) is 42.0 Å². The molecule has 0 fully saturated rings. The number of amides is 2. The maximum Gasteiger partial charge on any atom is 0.253 e. The van der Waals surface area contributed by atoms with Crippen LogP contribution in [0.3, 0.4) is 0 Å². The Hall–Kier alpha value is -2.33. The molecule has 5 heteroatoms.